The quantitative estimate of drug-likeness (QED) is 0.0439. The molecule has 0 amide bonds. The van der Waals surface area contributed by atoms with Crippen LogP contribution in [0.25, 0.3) is 0 Å². The Kier molecular flexibility index (Phi) is 25.8. The lowest BCUT2D eigenvalue weighted by molar-refractivity contribution is 0.0721. The lowest BCUT2D eigenvalue weighted by Gasteiger charge is -2.20. The molecule has 278 valence electrons. The molecular weight excluding hydrogens is 601 g/mol. The third-order valence-electron chi connectivity index (χ3n) is 10.3. The van der Waals surface area contributed by atoms with E-state index in [2.05, 4.69) is 39.8 Å². The molecule has 3 heteroatoms. The molecule has 0 N–H and O–H groups in total. The molecule has 0 bridgehead atoms. The van der Waals surface area contributed by atoms with Crippen molar-refractivity contribution in [1.82, 2.24) is 0 Å². The third-order valence-corrected chi connectivity index (χ3v) is 10.3. The Balaban J connectivity index is 1.67. The van der Waals surface area contributed by atoms with E-state index in [-0.39, 0.29) is 12.1 Å². The average molecular weight is 677 g/mol. The van der Waals surface area contributed by atoms with E-state index in [9.17, 15) is 4.79 Å². The number of rotatable bonds is 32. The van der Waals surface area contributed by atoms with Gasteiger partial charge in [0.2, 0.25) is 0 Å². The fraction of sp³-hybridized carbons (Fsp3) is 0.717. The van der Waals surface area contributed by atoms with Crippen LogP contribution in [0.3, 0.4) is 0 Å². The summed E-state index contributed by atoms with van der Waals surface area (Å²) in [5, 5.41) is 0. The lowest BCUT2D eigenvalue weighted by atomic mass is 9.94. The third kappa shape index (κ3) is 20.9. The Hall–Kier alpha value is -2.29. The first-order valence-corrected chi connectivity index (χ1v) is 21.2. The Labute approximate surface area is 303 Å². The molecule has 0 heterocycles. The molecule has 0 aliphatic rings. The summed E-state index contributed by atoms with van der Waals surface area (Å²) in [4.78, 5) is 13.2. The Bertz CT molecular complexity index is 1040. The zero-order valence-corrected chi connectivity index (χ0v) is 32.6. The molecule has 0 fully saturated rings. The SMILES string of the molecule is CCCCCCCCCCCCCCCCC(C)c1ccc(C(=O)Oc2ccccc2OC(CCC)CCCCCCCCCCC)cc1. The fourth-order valence-electron chi connectivity index (χ4n) is 7.00. The highest BCUT2D eigenvalue weighted by molar-refractivity contribution is 5.91. The number of hydrogen-bond donors (Lipinski definition) is 0. The van der Waals surface area contributed by atoms with Crippen molar-refractivity contribution < 1.29 is 14.3 Å². The Morgan fingerprint density at radius 2 is 0.918 bits per heavy atom. The van der Waals surface area contributed by atoms with Gasteiger partial charge in [-0.25, -0.2) is 4.79 Å². The molecule has 0 aliphatic heterocycles. The van der Waals surface area contributed by atoms with Crippen molar-refractivity contribution in [3.05, 3.63) is 59.7 Å². The van der Waals surface area contributed by atoms with E-state index >= 15 is 0 Å². The van der Waals surface area contributed by atoms with E-state index in [0.717, 1.165) is 19.3 Å². The van der Waals surface area contributed by atoms with Crippen molar-refractivity contribution in [1.29, 1.82) is 0 Å². The molecule has 2 rings (SSSR count). The second-order valence-electron chi connectivity index (χ2n) is 14.9. The van der Waals surface area contributed by atoms with Gasteiger partial charge in [0, 0.05) is 0 Å². The predicted molar refractivity (Wildman–Crippen MR) is 212 cm³/mol. The largest absolute Gasteiger partial charge is 0.487 e. The highest BCUT2D eigenvalue weighted by Gasteiger charge is 2.17. The first-order chi connectivity index (χ1) is 24.1. The fourth-order valence-corrected chi connectivity index (χ4v) is 7.00. The second-order valence-corrected chi connectivity index (χ2v) is 14.9. The molecule has 0 saturated heterocycles. The molecule has 3 nitrogen and oxygen atoms in total. The van der Waals surface area contributed by atoms with Crippen LogP contribution >= 0.6 is 0 Å². The number of hydrogen-bond acceptors (Lipinski definition) is 3. The average Bonchev–Trinajstić information content (AvgIpc) is 3.11. The van der Waals surface area contributed by atoms with Crippen molar-refractivity contribution in [2.45, 2.75) is 213 Å². The van der Waals surface area contributed by atoms with Crippen molar-refractivity contribution in [3.63, 3.8) is 0 Å². The van der Waals surface area contributed by atoms with Crippen LogP contribution in [0.15, 0.2) is 48.5 Å². The van der Waals surface area contributed by atoms with Crippen LogP contribution in [0.5, 0.6) is 11.5 Å². The van der Waals surface area contributed by atoms with Gasteiger partial charge in [-0.05, 0) is 61.4 Å². The number of ether oxygens (including phenoxy) is 2. The monoisotopic (exact) mass is 677 g/mol. The van der Waals surface area contributed by atoms with Crippen molar-refractivity contribution in [2.24, 2.45) is 0 Å². The molecule has 0 spiro atoms. The van der Waals surface area contributed by atoms with Crippen molar-refractivity contribution in [2.75, 3.05) is 0 Å². The van der Waals surface area contributed by atoms with E-state index in [0.29, 0.717) is 23.0 Å². The van der Waals surface area contributed by atoms with Gasteiger partial charge in [0.05, 0.1) is 11.7 Å². The van der Waals surface area contributed by atoms with E-state index in [4.69, 9.17) is 9.47 Å². The molecule has 0 saturated carbocycles. The van der Waals surface area contributed by atoms with E-state index in [1.54, 1.807) is 0 Å². The van der Waals surface area contributed by atoms with E-state index in [1.807, 2.05) is 36.4 Å². The maximum atomic E-state index is 13.2. The number of carbonyl (C=O) groups excluding carboxylic acids is 1. The highest BCUT2D eigenvalue weighted by atomic mass is 16.6. The van der Waals surface area contributed by atoms with Crippen LogP contribution < -0.4 is 9.47 Å². The van der Waals surface area contributed by atoms with Crippen LogP contribution in [0, 0.1) is 0 Å². The number of unbranched alkanes of at least 4 members (excludes halogenated alkanes) is 21. The van der Waals surface area contributed by atoms with Crippen LogP contribution in [-0.2, 0) is 0 Å². The van der Waals surface area contributed by atoms with Crippen LogP contribution in [0.4, 0.5) is 0 Å². The summed E-state index contributed by atoms with van der Waals surface area (Å²) in [6, 6.07) is 15.7. The van der Waals surface area contributed by atoms with E-state index in [1.165, 1.54) is 160 Å². The zero-order chi connectivity index (χ0) is 35.2. The molecule has 2 aromatic carbocycles. The topological polar surface area (TPSA) is 35.5 Å². The van der Waals surface area contributed by atoms with Gasteiger partial charge in [-0.2, -0.15) is 0 Å². The number of esters is 1. The van der Waals surface area contributed by atoms with E-state index < -0.39 is 0 Å². The zero-order valence-electron chi connectivity index (χ0n) is 32.6. The van der Waals surface area contributed by atoms with Crippen molar-refractivity contribution in [3.8, 4) is 11.5 Å². The van der Waals surface area contributed by atoms with Gasteiger partial charge in [0.15, 0.2) is 11.5 Å². The summed E-state index contributed by atoms with van der Waals surface area (Å²) in [7, 11) is 0. The Morgan fingerprint density at radius 3 is 1.39 bits per heavy atom. The standard InChI is InChI=1S/C46H76O3/c1-5-8-10-12-14-16-17-18-19-20-22-23-25-27-32-40(4)41-36-38-42(39-37-41)46(47)49-45-35-30-29-34-44(45)48-43(31-7-3)33-28-26-24-21-15-13-11-9-6-2/h29-30,34-40,43H,5-28,31-33H2,1-4H3. The van der Waals surface area contributed by atoms with Gasteiger partial charge in [0.25, 0.3) is 0 Å². The number of benzene rings is 2. The lowest BCUT2D eigenvalue weighted by Crippen LogP contribution is -2.17. The molecule has 49 heavy (non-hydrogen) atoms. The summed E-state index contributed by atoms with van der Waals surface area (Å²) in [5.41, 5.74) is 1.89. The molecule has 2 aromatic rings. The van der Waals surface area contributed by atoms with Crippen LogP contribution in [-0.4, -0.2) is 12.1 Å². The first kappa shape index (κ1) is 42.9. The maximum Gasteiger partial charge on any atom is 0.343 e. The van der Waals surface area contributed by atoms with Gasteiger partial charge in [0.1, 0.15) is 0 Å². The van der Waals surface area contributed by atoms with Gasteiger partial charge >= 0.3 is 5.97 Å². The van der Waals surface area contributed by atoms with Gasteiger partial charge in [-0.3, -0.25) is 0 Å². The molecule has 2 atom stereocenters. The smallest absolute Gasteiger partial charge is 0.343 e. The summed E-state index contributed by atoms with van der Waals surface area (Å²) >= 11 is 0. The first-order valence-electron chi connectivity index (χ1n) is 21.2. The highest BCUT2D eigenvalue weighted by Crippen LogP contribution is 2.31. The van der Waals surface area contributed by atoms with Crippen molar-refractivity contribution >= 4 is 5.97 Å². The minimum Gasteiger partial charge on any atom is -0.487 e. The molecule has 0 aliphatic carbocycles. The summed E-state index contributed by atoms with van der Waals surface area (Å²) < 4.78 is 12.4. The van der Waals surface area contributed by atoms with Gasteiger partial charge in [-0.15, -0.1) is 0 Å². The minimum atomic E-state index is -0.326. The number of para-hydroxylation sites is 2. The van der Waals surface area contributed by atoms with Gasteiger partial charge in [-0.1, -0.05) is 200 Å². The molecular formula is C46H76O3. The predicted octanol–water partition coefficient (Wildman–Crippen LogP) is 15.3. The summed E-state index contributed by atoms with van der Waals surface area (Å²) in [6.07, 6.45) is 35.9. The maximum absolute atomic E-state index is 13.2. The summed E-state index contributed by atoms with van der Waals surface area (Å²) in [6.45, 7) is 9.09. The Morgan fingerprint density at radius 1 is 0.490 bits per heavy atom. The molecule has 2 unspecified atom stereocenters. The normalized spacial score (nSPS) is 12.6. The summed E-state index contributed by atoms with van der Waals surface area (Å²) in [5.74, 6) is 1.35. The second kappa shape index (κ2) is 29.4. The van der Waals surface area contributed by atoms with Gasteiger partial charge < -0.3 is 9.47 Å². The number of carbonyl (C=O) groups is 1. The molecule has 0 aromatic heterocycles. The van der Waals surface area contributed by atoms with Crippen LogP contribution in [0.2, 0.25) is 0 Å². The molecule has 0 radical (unpaired) electrons. The van der Waals surface area contributed by atoms with Crippen LogP contribution in [0.1, 0.15) is 223 Å². The minimum absolute atomic E-state index is 0.148.